The number of hydrogen-bond acceptors (Lipinski definition) is 2. The fourth-order valence-corrected chi connectivity index (χ4v) is 4.31. The van der Waals surface area contributed by atoms with Crippen LogP contribution in [-0.4, -0.2) is 26.6 Å². The number of fused-ring (bicyclic) bond motifs is 1. The lowest BCUT2D eigenvalue weighted by Gasteiger charge is -2.38. The molecular formula is C15H30O2Si. The molecule has 0 radical (unpaired) electrons. The Balaban J connectivity index is 1.88. The SMILES string of the molecule is CC(C)(C)[Si](C)(C)OCC1CCCC2(CO)CC12. The second kappa shape index (κ2) is 4.60. The van der Waals surface area contributed by atoms with Crippen molar-refractivity contribution in [1.82, 2.24) is 0 Å². The summed E-state index contributed by atoms with van der Waals surface area (Å²) in [6.07, 6.45) is 5.07. The van der Waals surface area contributed by atoms with E-state index in [-0.39, 0.29) is 0 Å². The van der Waals surface area contributed by atoms with Crippen LogP contribution in [0.3, 0.4) is 0 Å². The molecule has 2 aliphatic rings. The first-order valence-electron chi connectivity index (χ1n) is 7.47. The molecule has 106 valence electrons. The van der Waals surface area contributed by atoms with E-state index in [0.29, 0.717) is 23.0 Å². The molecule has 2 fully saturated rings. The van der Waals surface area contributed by atoms with Crippen molar-refractivity contribution in [3.63, 3.8) is 0 Å². The Morgan fingerprint density at radius 3 is 2.56 bits per heavy atom. The smallest absolute Gasteiger partial charge is 0.191 e. The highest BCUT2D eigenvalue weighted by Crippen LogP contribution is 2.63. The Morgan fingerprint density at radius 1 is 1.33 bits per heavy atom. The van der Waals surface area contributed by atoms with Crippen LogP contribution in [0.2, 0.25) is 18.1 Å². The second-order valence-electron chi connectivity index (χ2n) is 8.05. The predicted molar refractivity (Wildman–Crippen MR) is 78.1 cm³/mol. The maximum atomic E-state index is 9.53. The molecule has 0 aliphatic heterocycles. The highest BCUT2D eigenvalue weighted by Gasteiger charge is 2.58. The van der Waals surface area contributed by atoms with Crippen molar-refractivity contribution >= 4 is 8.32 Å². The first-order valence-corrected chi connectivity index (χ1v) is 10.4. The fourth-order valence-electron chi connectivity index (χ4n) is 3.24. The molecule has 3 unspecified atom stereocenters. The third kappa shape index (κ3) is 2.54. The van der Waals surface area contributed by atoms with Crippen molar-refractivity contribution in [3.05, 3.63) is 0 Å². The lowest BCUT2D eigenvalue weighted by Crippen LogP contribution is -2.42. The lowest BCUT2D eigenvalue weighted by atomic mass is 9.82. The Hall–Kier alpha value is 0.137. The molecule has 0 bridgehead atoms. The van der Waals surface area contributed by atoms with Crippen LogP contribution in [0.25, 0.3) is 0 Å². The molecule has 0 aromatic heterocycles. The molecule has 1 N–H and O–H groups in total. The summed E-state index contributed by atoms with van der Waals surface area (Å²) in [5.74, 6) is 1.46. The topological polar surface area (TPSA) is 29.5 Å². The Morgan fingerprint density at radius 2 is 2.00 bits per heavy atom. The van der Waals surface area contributed by atoms with Crippen LogP contribution in [0.1, 0.15) is 46.5 Å². The first-order chi connectivity index (χ1) is 8.22. The third-order valence-electron chi connectivity index (χ3n) is 5.85. The van der Waals surface area contributed by atoms with E-state index in [0.717, 1.165) is 12.5 Å². The van der Waals surface area contributed by atoms with Crippen LogP contribution in [0.15, 0.2) is 0 Å². The van der Waals surface area contributed by atoms with Crippen molar-refractivity contribution < 1.29 is 9.53 Å². The number of hydrogen-bond donors (Lipinski definition) is 1. The molecule has 0 aromatic rings. The number of aliphatic hydroxyl groups is 1. The van der Waals surface area contributed by atoms with E-state index in [1.807, 2.05) is 0 Å². The molecule has 0 aromatic carbocycles. The van der Waals surface area contributed by atoms with Crippen LogP contribution in [-0.2, 0) is 4.43 Å². The normalized spacial score (nSPS) is 36.3. The molecular weight excluding hydrogens is 240 g/mol. The molecule has 18 heavy (non-hydrogen) atoms. The van der Waals surface area contributed by atoms with Crippen molar-refractivity contribution in [3.8, 4) is 0 Å². The number of rotatable bonds is 4. The van der Waals surface area contributed by atoms with Gasteiger partial charge in [0, 0.05) is 13.2 Å². The van der Waals surface area contributed by atoms with Gasteiger partial charge in [-0.05, 0) is 54.6 Å². The molecule has 2 nitrogen and oxygen atoms in total. The van der Waals surface area contributed by atoms with Crippen LogP contribution >= 0.6 is 0 Å². The summed E-state index contributed by atoms with van der Waals surface area (Å²) in [7, 11) is -1.60. The summed E-state index contributed by atoms with van der Waals surface area (Å²) in [5, 5.41) is 9.84. The molecule has 3 atom stereocenters. The standard InChI is InChI=1S/C15H30O2Si/c1-14(2,3)18(4,5)17-10-12-7-6-8-15(11-16)9-13(12)15/h12-13,16H,6-11H2,1-5H3. The van der Waals surface area contributed by atoms with E-state index >= 15 is 0 Å². The Bertz CT molecular complexity index is 308. The number of aliphatic hydroxyl groups excluding tert-OH is 1. The van der Waals surface area contributed by atoms with Crippen LogP contribution in [0.4, 0.5) is 0 Å². The summed E-state index contributed by atoms with van der Waals surface area (Å²) in [6, 6.07) is 0. The molecule has 2 rings (SSSR count). The lowest BCUT2D eigenvalue weighted by molar-refractivity contribution is 0.116. The average molecular weight is 270 g/mol. The third-order valence-corrected chi connectivity index (χ3v) is 10.4. The van der Waals surface area contributed by atoms with E-state index in [2.05, 4.69) is 33.9 Å². The van der Waals surface area contributed by atoms with Gasteiger partial charge in [0.1, 0.15) is 0 Å². The molecule has 3 heteroatoms. The van der Waals surface area contributed by atoms with Gasteiger partial charge in [0.05, 0.1) is 0 Å². The van der Waals surface area contributed by atoms with E-state index in [1.54, 1.807) is 0 Å². The molecule has 2 aliphatic carbocycles. The van der Waals surface area contributed by atoms with E-state index in [4.69, 9.17) is 4.43 Å². The Labute approximate surface area is 113 Å². The molecule has 0 heterocycles. The van der Waals surface area contributed by atoms with E-state index in [9.17, 15) is 5.11 Å². The minimum absolute atomic E-state index is 0.305. The maximum absolute atomic E-state index is 9.53. The zero-order valence-corrected chi connectivity index (χ0v) is 13.8. The van der Waals surface area contributed by atoms with Crippen molar-refractivity contribution in [1.29, 1.82) is 0 Å². The van der Waals surface area contributed by atoms with Gasteiger partial charge in [-0.15, -0.1) is 0 Å². The summed E-state index contributed by atoms with van der Waals surface area (Å²) in [6.45, 7) is 12.9. The van der Waals surface area contributed by atoms with Gasteiger partial charge in [0.25, 0.3) is 0 Å². The maximum Gasteiger partial charge on any atom is 0.191 e. The summed E-state index contributed by atoms with van der Waals surface area (Å²) >= 11 is 0. The molecule has 0 spiro atoms. The minimum atomic E-state index is -1.60. The van der Waals surface area contributed by atoms with Gasteiger partial charge in [0.2, 0.25) is 0 Å². The second-order valence-corrected chi connectivity index (χ2v) is 12.9. The van der Waals surface area contributed by atoms with Crippen LogP contribution in [0, 0.1) is 17.3 Å². The first kappa shape index (κ1) is 14.5. The van der Waals surface area contributed by atoms with Gasteiger partial charge in [0.15, 0.2) is 8.32 Å². The van der Waals surface area contributed by atoms with Crippen LogP contribution in [0.5, 0.6) is 0 Å². The summed E-state index contributed by atoms with van der Waals surface area (Å²) < 4.78 is 6.38. The summed E-state index contributed by atoms with van der Waals surface area (Å²) in [5.41, 5.74) is 0.305. The highest BCUT2D eigenvalue weighted by molar-refractivity contribution is 6.74. The zero-order chi connectivity index (χ0) is 13.6. The quantitative estimate of drug-likeness (QED) is 0.787. The monoisotopic (exact) mass is 270 g/mol. The van der Waals surface area contributed by atoms with Gasteiger partial charge < -0.3 is 9.53 Å². The Kier molecular flexibility index (Phi) is 3.72. The van der Waals surface area contributed by atoms with Gasteiger partial charge >= 0.3 is 0 Å². The van der Waals surface area contributed by atoms with Crippen molar-refractivity contribution in [2.45, 2.75) is 64.6 Å². The molecule has 0 amide bonds. The summed E-state index contributed by atoms with van der Waals surface area (Å²) in [4.78, 5) is 0. The predicted octanol–water partition coefficient (Wildman–Crippen LogP) is 3.81. The molecule has 2 saturated carbocycles. The van der Waals surface area contributed by atoms with E-state index < -0.39 is 8.32 Å². The van der Waals surface area contributed by atoms with Crippen LogP contribution < -0.4 is 0 Å². The van der Waals surface area contributed by atoms with Crippen molar-refractivity contribution in [2.75, 3.05) is 13.2 Å². The van der Waals surface area contributed by atoms with Gasteiger partial charge in [-0.2, -0.15) is 0 Å². The van der Waals surface area contributed by atoms with Crippen molar-refractivity contribution in [2.24, 2.45) is 17.3 Å². The van der Waals surface area contributed by atoms with Gasteiger partial charge in [-0.3, -0.25) is 0 Å². The highest BCUT2D eigenvalue weighted by atomic mass is 28.4. The minimum Gasteiger partial charge on any atom is -0.417 e. The van der Waals surface area contributed by atoms with E-state index in [1.165, 1.54) is 25.7 Å². The van der Waals surface area contributed by atoms with Gasteiger partial charge in [-0.1, -0.05) is 27.2 Å². The fraction of sp³-hybridized carbons (Fsp3) is 1.00. The average Bonchev–Trinajstić information content (AvgIpc) is 3.00. The van der Waals surface area contributed by atoms with Gasteiger partial charge in [-0.25, -0.2) is 0 Å². The molecule has 0 saturated heterocycles. The zero-order valence-electron chi connectivity index (χ0n) is 12.8. The largest absolute Gasteiger partial charge is 0.417 e.